The van der Waals surface area contributed by atoms with Crippen molar-refractivity contribution < 1.29 is 9.59 Å². The zero-order valence-electron chi connectivity index (χ0n) is 16.4. The van der Waals surface area contributed by atoms with Crippen molar-refractivity contribution in [1.82, 2.24) is 15.1 Å². The van der Waals surface area contributed by atoms with Gasteiger partial charge in [-0.2, -0.15) is 0 Å². The molecule has 3 rings (SSSR count). The van der Waals surface area contributed by atoms with Gasteiger partial charge in [-0.25, -0.2) is 0 Å². The molecular weight excluding hydrogens is 362 g/mol. The van der Waals surface area contributed by atoms with Crippen LogP contribution in [-0.4, -0.2) is 60.4 Å². The standard InChI is InChI=1S/C21H31N3O2.ClH/c1-3-17-6-8-18(9-7-17)16(2)13-20(25)23-11-4-5-19(15-23)24-12-10-22-14-21(24)26;/h6-9,16,19,22H,3-5,10-15H2,1-2H3;1H. The summed E-state index contributed by atoms with van der Waals surface area (Å²) in [7, 11) is 0. The lowest BCUT2D eigenvalue weighted by Crippen LogP contribution is -2.57. The van der Waals surface area contributed by atoms with Crippen molar-refractivity contribution >= 4 is 24.2 Å². The summed E-state index contributed by atoms with van der Waals surface area (Å²) >= 11 is 0. The number of carbonyl (C=O) groups is 2. The van der Waals surface area contributed by atoms with Crippen molar-refractivity contribution in [2.24, 2.45) is 0 Å². The molecule has 0 saturated carbocycles. The van der Waals surface area contributed by atoms with Crippen LogP contribution in [0.5, 0.6) is 0 Å². The molecule has 2 unspecified atom stereocenters. The molecule has 0 aromatic heterocycles. The van der Waals surface area contributed by atoms with E-state index in [4.69, 9.17) is 0 Å². The van der Waals surface area contributed by atoms with Gasteiger partial charge < -0.3 is 15.1 Å². The highest BCUT2D eigenvalue weighted by molar-refractivity contribution is 5.85. The Morgan fingerprint density at radius 1 is 1.26 bits per heavy atom. The Kier molecular flexibility index (Phi) is 8.11. The smallest absolute Gasteiger partial charge is 0.236 e. The van der Waals surface area contributed by atoms with Gasteiger partial charge in [0.05, 0.1) is 6.54 Å². The molecule has 2 saturated heterocycles. The summed E-state index contributed by atoms with van der Waals surface area (Å²) in [6.07, 6.45) is 3.55. The van der Waals surface area contributed by atoms with E-state index in [9.17, 15) is 9.59 Å². The van der Waals surface area contributed by atoms with Gasteiger partial charge in [0.25, 0.3) is 0 Å². The molecule has 2 atom stereocenters. The van der Waals surface area contributed by atoms with Crippen molar-refractivity contribution in [3.05, 3.63) is 35.4 Å². The summed E-state index contributed by atoms with van der Waals surface area (Å²) in [5.74, 6) is 0.596. The summed E-state index contributed by atoms with van der Waals surface area (Å²) in [4.78, 5) is 28.9. The quantitative estimate of drug-likeness (QED) is 0.836. The van der Waals surface area contributed by atoms with Crippen LogP contribution in [0, 0.1) is 0 Å². The molecule has 0 bridgehead atoms. The molecule has 150 valence electrons. The molecule has 2 aliphatic rings. The van der Waals surface area contributed by atoms with Crippen molar-refractivity contribution in [2.75, 3.05) is 32.7 Å². The Bertz CT molecular complexity index is 635. The van der Waals surface area contributed by atoms with E-state index in [1.807, 2.05) is 9.80 Å². The molecule has 5 nitrogen and oxygen atoms in total. The molecular formula is C21H32ClN3O2. The van der Waals surface area contributed by atoms with Gasteiger partial charge in [0, 0.05) is 38.6 Å². The second-order valence-electron chi connectivity index (χ2n) is 7.60. The largest absolute Gasteiger partial charge is 0.341 e. The van der Waals surface area contributed by atoms with Crippen molar-refractivity contribution in [3.8, 4) is 0 Å². The Hall–Kier alpha value is -1.59. The fourth-order valence-corrected chi connectivity index (χ4v) is 4.03. The SMILES string of the molecule is CCc1ccc(C(C)CC(=O)N2CCCC(N3CCNCC3=O)C2)cc1.Cl. The third-order valence-electron chi connectivity index (χ3n) is 5.75. The zero-order chi connectivity index (χ0) is 18.5. The first-order chi connectivity index (χ1) is 12.6. The third kappa shape index (κ3) is 5.45. The zero-order valence-corrected chi connectivity index (χ0v) is 17.3. The highest BCUT2D eigenvalue weighted by Gasteiger charge is 2.31. The maximum atomic E-state index is 12.8. The average molecular weight is 394 g/mol. The van der Waals surface area contributed by atoms with Crippen LogP contribution in [-0.2, 0) is 16.0 Å². The first-order valence-corrected chi connectivity index (χ1v) is 9.95. The highest BCUT2D eigenvalue weighted by Crippen LogP contribution is 2.23. The molecule has 0 spiro atoms. The number of aryl methyl sites for hydroxylation is 1. The van der Waals surface area contributed by atoms with E-state index in [1.54, 1.807) is 0 Å². The number of piperazine rings is 1. The van der Waals surface area contributed by atoms with Gasteiger partial charge in [0.2, 0.25) is 11.8 Å². The molecule has 1 aromatic carbocycles. The molecule has 2 heterocycles. The normalized spacial score (nSPS) is 21.6. The number of carbonyl (C=O) groups excluding carboxylic acids is 2. The number of nitrogens with zero attached hydrogens (tertiary/aromatic N) is 2. The van der Waals surface area contributed by atoms with E-state index in [2.05, 4.69) is 43.4 Å². The van der Waals surface area contributed by atoms with E-state index in [-0.39, 0.29) is 36.2 Å². The summed E-state index contributed by atoms with van der Waals surface area (Å²) < 4.78 is 0. The number of rotatable bonds is 5. The second kappa shape index (κ2) is 10.1. The molecule has 0 radical (unpaired) electrons. The Morgan fingerprint density at radius 2 is 2.00 bits per heavy atom. The topological polar surface area (TPSA) is 52.7 Å². The number of hydrogen-bond donors (Lipinski definition) is 1. The van der Waals surface area contributed by atoms with E-state index in [1.165, 1.54) is 11.1 Å². The fourth-order valence-electron chi connectivity index (χ4n) is 4.03. The van der Waals surface area contributed by atoms with E-state index < -0.39 is 0 Å². The van der Waals surface area contributed by atoms with Crippen LogP contribution in [0.4, 0.5) is 0 Å². The highest BCUT2D eigenvalue weighted by atomic mass is 35.5. The van der Waals surface area contributed by atoms with Crippen molar-refractivity contribution in [1.29, 1.82) is 0 Å². The van der Waals surface area contributed by atoms with Crippen molar-refractivity contribution in [2.45, 2.75) is 51.5 Å². The van der Waals surface area contributed by atoms with E-state index in [0.717, 1.165) is 38.9 Å². The predicted molar refractivity (Wildman–Crippen MR) is 110 cm³/mol. The van der Waals surface area contributed by atoms with Gasteiger partial charge in [0.1, 0.15) is 0 Å². The summed E-state index contributed by atoms with van der Waals surface area (Å²) in [6.45, 7) is 7.81. The summed E-state index contributed by atoms with van der Waals surface area (Å²) in [5, 5.41) is 3.12. The molecule has 2 fully saturated rings. The number of likely N-dealkylation sites (tertiary alicyclic amines) is 1. The Balaban J connectivity index is 0.00000261. The molecule has 1 N–H and O–H groups in total. The lowest BCUT2D eigenvalue weighted by atomic mass is 9.95. The van der Waals surface area contributed by atoms with Crippen LogP contribution in [0.25, 0.3) is 0 Å². The van der Waals surface area contributed by atoms with Gasteiger partial charge in [-0.1, -0.05) is 38.1 Å². The monoisotopic (exact) mass is 393 g/mol. The summed E-state index contributed by atoms with van der Waals surface area (Å²) in [6, 6.07) is 8.79. The Labute approximate surface area is 168 Å². The van der Waals surface area contributed by atoms with E-state index in [0.29, 0.717) is 19.5 Å². The van der Waals surface area contributed by atoms with Gasteiger partial charge in [-0.3, -0.25) is 9.59 Å². The average Bonchev–Trinajstić information content (AvgIpc) is 2.68. The van der Waals surface area contributed by atoms with E-state index >= 15 is 0 Å². The minimum Gasteiger partial charge on any atom is -0.341 e. The third-order valence-corrected chi connectivity index (χ3v) is 5.75. The molecule has 2 aliphatic heterocycles. The van der Waals surface area contributed by atoms with Crippen LogP contribution in [0.3, 0.4) is 0 Å². The fraction of sp³-hybridized carbons (Fsp3) is 0.619. The van der Waals surface area contributed by atoms with Gasteiger partial charge in [-0.05, 0) is 36.3 Å². The first kappa shape index (κ1) is 21.7. The van der Waals surface area contributed by atoms with Crippen LogP contribution < -0.4 is 5.32 Å². The summed E-state index contributed by atoms with van der Waals surface area (Å²) in [5.41, 5.74) is 2.55. The van der Waals surface area contributed by atoms with Gasteiger partial charge >= 0.3 is 0 Å². The van der Waals surface area contributed by atoms with Gasteiger partial charge in [0.15, 0.2) is 0 Å². The van der Waals surface area contributed by atoms with Crippen molar-refractivity contribution in [3.63, 3.8) is 0 Å². The maximum Gasteiger partial charge on any atom is 0.236 e. The number of halogens is 1. The molecule has 0 aliphatic carbocycles. The van der Waals surface area contributed by atoms with Crippen LogP contribution >= 0.6 is 12.4 Å². The predicted octanol–water partition coefficient (Wildman–Crippen LogP) is 2.59. The number of piperidine rings is 1. The first-order valence-electron chi connectivity index (χ1n) is 9.95. The molecule has 2 amide bonds. The minimum absolute atomic E-state index is 0. The lowest BCUT2D eigenvalue weighted by molar-refractivity contribution is -0.140. The second-order valence-corrected chi connectivity index (χ2v) is 7.60. The lowest BCUT2D eigenvalue weighted by Gasteiger charge is -2.41. The van der Waals surface area contributed by atoms with Gasteiger partial charge in [-0.15, -0.1) is 12.4 Å². The number of amides is 2. The van der Waals surface area contributed by atoms with Crippen LogP contribution in [0.1, 0.15) is 50.2 Å². The molecule has 27 heavy (non-hydrogen) atoms. The number of hydrogen-bond acceptors (Lipinski definition) is 3. The Morgan fingerprint density at radius 3 is 2.67 bits per heavy atom. The molecule has 6 heteroatoms. The minimum atomic E-state index is 0. The van der Waals surface area contributed by atoms with Crippen LogP contribution in [0.15, 0.2) is 24.3 Å². The number of nitrogens with one attached hydrogen (secondary N) is 1. The maximum absolute atomic E-state index is 12.8. The molecule has 1 aromatic rings. The number of benzene rings is 1. The van der Waals surface area contributed by atoms with Crippen LogP contribution in [0.2, 0.25) is 0 Å².